The summed E-state index contributed by atoms with van der Waals surface area (Å²) in [5, 5.41) is 6.93. The molecule has 6 nitrogen and oxygen atoms in total. The van der Waals surface area contributed by atoms with E-state index < -0.39 is 0 Å². The van der Waals surface area contributed by atoms with Crippen molar-refractivity contribution in [1.82, 2.24) is 15.4 Å². The minimum Gasteiger partial charge on any atom is -0.383 e. The van der Waals surface area contributed by atoms with Crippen LogP contribution in [0.25, 0.3) is 0 Å². The average Bonchev–Trinajstić information content (AvgIpc) is 3.19. The van der Waals surface area contributed by atoms with E-state index in [0.717, 1.165) is 38.2 Å². The average molecular weight is 386 g/mol. The molecule has 1 unspecified atom stereocenters. The van der Waals surface area contributed by atoms with Gasteiger partial charge in [-0.15, -0.1) is 0 Å². The van der Waals surface area contributed by atoms with Gasteiger partial charge in [-0.05, 0) is 36.4 Å². The van der Waals surface area contributed by atoms with Gasteiger partial charge in [0.05, 0.1) is 12.3 Å². The fraction of sp³-hybridized carbons (Fsp3) is 0.545. The maximum absolute atomic E-state index is 12.1. The zero-order valence-electron chi connectivity index (χ0n) is 17.1. The van der Waals surface area contributed by atoms with Gasteiger partial charge < -0.3 is 14.6 Å². The highest BCUT2D eigenvalue weighted by Gasteiger charge is 2.25. The summed E-state index contributed by atoms with van der Waals surface area (Å²) in [7, 11) is 1.60. The molecule has 1 aromatic carbocycles. The molecule has 1 aliphatic heterocycles. The summed E-state index contributed by atoms with van der Waals surface area (Å²) >= 11 is 0. The number of likely N-dealkylation sites (tertiary alicyclic amines) is 1. The molecule has 6 heteroatoms. The van der Waals surface area contributed by atoms with Crippen LogP contribution in [0.3, 0.4) is 0 Å². The first-order chi connectivity index (χ1) is 13.6. The van der Waals surface area contributed by atoms with Gasteiger partial charge >= 0.3 is 0 Å². The molecule has 0 radical (unpaired) electrons. The number of carbonyl (C=O) groups is 1. The van der Waals surface area contributed by atoms with Crippen LogP contribution in [0.5, 0.6) is 0 Å². The van der Waals surface area contributed by atoms with Gasteiger partial charge in [0, 0.05) is 38.7 Å². The predicted molar refractivity (Wildman–Crippen MR) is 108 cm³/mol. The lowest BCUT2D eigenvalue weighted by Crippen LogP contribution is -2.34. The molecular formula is C22H31N3O3. The maximum atomic E-state index is 12.1. The molecule has 1 aliphatic rings. The molecule has 152 valence electrons. The lowest BCUT2D eigenvalue weighted by Gasteiger charge is -2.31. The lowest BCUT2D eigenvalue weighted by atomic mass is 9.94. The predicted octanol–water partition coefficient (Wildman–Crippen LogP) is 3.55. The molecule has 1 atom stereocenters. The number of amides is 1. The number of benzene rings is 1. The van der Waals surface area contributed by atoms with E-state index in [1.54, 1.807) is 13.2 Å². The Morgan fingerprint density at radius 2 is 2.14 bits per heavy atom. The number of nitrogens with one attached hydrogen (secondary N) is 1. The molecule has 0 aliphatic carbocycles. The number of carbonyl (C=O) groups excluding carboxylic acids is 1. The molecule has 28 heavy (non-hydrogen) atoms. The first-order valence-electron chi connectivity index (χ1n) is 10.1. The molecule has 0 saturated carbocycles. The van der Waals surface area contributed by atoms with Crippen LogP contribution in [0.1, 0.15) is 65.9 Å². The van der Waals surface area contributed by atoms with Gasteiger partial charge in [0.2, 0.25) is 5.76 Å². The quantitative estimate of drug-likeness (QED) is 0.704. The van der Waals surface area contributed by atoms with Crippen molar-refractivity contribution in [2.24, 2.45) is 0 Å². The van der Waals surface area contributed by atoms with Crippen molar-refractivity contribution in [2.45, 2.75) is 45.1 Å². The Bertz CT molecular complexity index is 755. The van der Waals surface area contributed by atoms with Gasteiger partial charge in [-0.3, -0.25) is 9.69 Å². The van der Waals surface area contributed by atoms with Crippen LogP contribution in [0, 0.1) is 0 Å². The molecule has 2 aromatic rings. The fourth-order valence-electron chi connectivity index (χ4n) is 3.65. The standard InChI is InChI=1S/C22H31N3O3/c1-16(2)18-8-6-17(7-9-18)14-25-11-4-5-19(15-25)20-13-21(28-24-20)22(26)23-10-12-27-3/h6-9,13,16,19H,4-5,10-12,14-15H2,1-3H3,(H,23,26). The van der Waals surface area contributed by atoms with Gasteiger partial charge in [0.15, 0.2) is 0 Å². The molecule has 0 bridgehead atoms. The highest BCUT2D eigenvalue weighted by atomic mass is 16.5. The van der Waals surface area contributed by atoms with Crippen molar-refractivity contribution in [1.29, 1.82) is 0 Å². The molecular weight excluding hydrogens is 354 g/mol. The third-order valence-corrected chi connectivity index (χ3v) is 5.32. The molecule has 1 fully saturated rings. The van der Waals surface area contributed by atoms with Crippen molar-refractivity contribution in [3.8, 4) is 0 Å². The summed E-state index contributed by atoms with van der Waals surface area (Å²) in [5.74, 6) is 0.885. The van der Waals surface area contributed by atoms with Gasteiger partial charge in [0.1, 0.15) is 0 Å². The van der Waals surface area contributed by atoms with Gasteiger partial charge in [-0.2, -0.15) is 0 Å². The van der Waals surface area contributed by atoms with Crippen molar-refractivity contribution in [3.63, 3.8) is 0 Å². The van der Waals surface area contributed by atoms with E-state index in [1.807, 2.05) is 0 Å². The van der Waals surface area contributed by atoms with Gasteiger partial charge in [-0.25, -0.2) is 0 Å². The van der Waals surface area contributed by atoms with Crippen LogP contribution in [-0.4, -0.2) is 49.3 Å². The number of rotatable bonds is 8. The molecule has 1 aromatic heterocycles. The smallest absolute Gasteiger partial charge is 0.289 e. The molecule has 1 N–H and O–H groups in total. The van der Waals surface area contributed by atoms with Crippen molar-refractivity contribution >= 4 is 5.91 Å². The summed E-state index contributed by atoms with van der Waals surface area (Å²) in [6.45, 7) is 8.33. The van der Waals surface area contributed by atoms with Crippen molar-refractivity contribution in [2.75, 3.05) is 33.4 Å². The van der Waals surface area contributed by atoms with Crippen molar-refractivity contribution < 1.29 is 14.1 Å². The molecule has 1 amide bonds. The summed E-state index contributed by atoms with van der Waals surface area (Å²) in [5.41, 5.74) is 3.58. The van der Waals surface area contributed by atoms with E-state index in [9.17, 15) is 4.79 Å². The van der Waals surface area contributed by atoms with E-state index in [2.05, 4.69) is 53.5 Å². The Labute approximate surface area is 167 Å². The van der Waals surface area contributed by atoms with Crippen LogP contribution in [0.2, 0.25) is 0 Å². The Morgan fingerprint density at radius 1 is 1.36 bits per heavy atom. The molecule has 3 rings (SSSR count). The van der Waals surface area contributed by atoms with Crippen LogP contribution in [-0.2, 0) is 11.3 Å². The zero-order chi connectivity index (χ0) is 19.9. The third-order valence-electron chi connectivity index (χ3n) is 5.32. The van der Waals surface area contributed by atoms with Gasteiger partial charge in [0.25, 0.3) is 5.91 Å². The number of hydrogen-bond donors (Lipinski definition) is 1. The summed E-state index contributed by atoms with van der Waals surface area (Å²) in [6, 6.07) is 10.7. The van der Waals surface area contributed by atoms with Gasteiger partial charge in [-0.1, -0.05) is 43.3 Å². The molecule has 1 saturated heterocycles. The fourth-order valence-corrected chi connectivity index (χ4v) is 3.65. The van der Waals surface area contributed by atoms with Crippen LogP contribution < -0.4 is 5.32 Å². The third kappa shape index (κ3) is 5.42. The summed E-state index contributed by atoms with van der Waals surface area (Å²) in [4.78, 5) is 14.5. The minimum atomic E-state index is -0.242. The number of piperidine rings is 1. The monoisotopic (exact) mass is 385 g/mol. The Hall–Kier alpha value is -2.18. The van der Waals surface area contributed by atoms with Crippen LogP contribution in [0.15, 0.2) is 34.9 Å². The normalized spacial score (nSPS) is 17.8. The minimum absolute atomic E-state index is 0.242. The zero-order valence-corrected chi connectivity index (χ0v) is 17.1. The van der Waals surface area contributed by atoms with Crippen LogP contribution >= 0.6 is 0 Å². The lowest BCUT2D eigenvalue weighted by molar-refractivity contribution is 0.0900. The number of nitrogens with zero attached hydrogens (tertiary/aromatic N) is 2. The maximum Gasteiger partial charge on any atom is 0.289 e. The largest absolute Gasteiger partial charge is 0.383 e. The summed E-state index contributed by atoms with van der Waals surface area (Å²) in [6.07, 6.45) is 2.19. The second-order valence-electron chi connectivity index (χ2n) is 7.84. The Kier molecular flexibility index (Phi) is 7.23. The molecule has 0 spiro atoms. The second kappa shape index (κ2) is 9.85. The number of aromatic nitrogens is 1. The van der Waals surface area contributed by atoms with E-state index in [1.165, 1.54) is 11.1 Å². The van der Waals surface area contributed by atoms with Crippen molar-refractivity contribution in [3.05, 3.63) is 52.9 Å². The number of hydrogen-bond acceptors (Lipinski definition) is 5. The number of ether oxygens (including phenoxy) is 1. The SMILES string of the molecule is COCCNC(=O)c1cc(C2CCCN(Cc3ccc(C(C)C)cc3)C2)no1. The Morgan fingerprint density at radius 3 is 2.86 bits per heavy atom. The highest BCUT2D eigenvalue weighted by molar-refractivity contribution is 5.91. The summed E-state index contributed by atoms with van der Waals surface area (Å²) < 4.78 is 10.2. The Balaban J connectivity index is 1.56. The first kappa shape index (κ1) is 20.6. The molecule has 2 heterocycles. The topological polar surface area (TPSA) is 67.6 Å². The first-order valence-corrected chi connectivity index (χ1v) is 10.1. The van der Waals surface area contributed by atoms with E-state index in [0.29, 0.717) is 25.0 Å². The van der Waals surface area contributed by atoms with E-state index in [4.69, 9.17) is 9.26 Å². The van der Waals surface area contributed by atoms with E-state index >= 15 is 0 Å². The van der Waals surface area contributed by atoms with Crippen LogP contribution in [0.4, 0.5) is 0 Å². The van der Waals surface area contributed by atoms with E-state index in [-0.39, 0.29) is 11.7 Å². The second-order valence-corrected chi connectivity index (χ2v) is 7.84. The highest BCUT2D eigenvalue weighted by Crippen LogP contribution is 2.27. The number of methoxy groups -OCH3 is 1.